The Morgan fingerprint density at radius 3 is 1.65 bits per heavy atom. The Morgan fingerprint density at radius 1 is 0.765 bits per heavy atom. The molecule has 0 spiro atoms. The fraction of sp³-hybridized carbons (Fsp3) is 0.143. The summed E-state index contributed by atoms with van der Waals surface area (Å²) < 4.78 is 2.86. The second-order valence-electron chi connectivity index (χ2n) is 3.59. The van der Waals surface area contributed by atoms with Crippen LogP contribution in [-0.2, 0) is 0 Å². The number of hydrogen-bond acceptors (Lipinski definition) is 1. The summed E-state index contributed by atoms with van der Waals surface area (Å²) in [5.41, 5.74) is 2.37. The van der Waals surface area contributed by atoms with Crippen molar-refractivity contribution in [3.05, 3.63) is 48.5 Å². The molecule has 2 aromatic rings. The first kappa shape index (κ1) is 12.7. The van der Waals surface area contributed by atoms with Gasteiger partial charge in [0.05, 0.1) is 0 Å². The standard InChI is InChI=1S/C14H15NSe2/c1-16-13-7-3-5-11(9-13)15-12-6-4-8-14(10-12)17-2/h3-10,15H,1-2H3. The van der Waals surface area contributed by atoms with Crippen LogP contribution < -0.4 is 14.2 Å². The molecule has 0 aliphatic rings. The summed E-state index contributed by atoms with van der Waals surface area (Å²) in [7, 11) is 0. The van der Waals surface area contributed by atoms with E-state index in [0.717, 1.165) is 0 Å². The molecule has 0 aliphatic carbocycles. The Morgan fingerprint density at radius 2 is 1.24 bits per heavy atom. The van der Waals surface area contributed by atoms with E-state index in [0.29, 0.717) is 29.9 Å². The van der Waals surface area contributed by atoms with Crippen LogP contribution in [-0.4, -0.2) is 29.9 Å². The van der Waals surface area contributed by atoms with Crippen molar-refractivity contribution in [3.8, 4) is 0 Å². The van der Waals surface area contributed by atoms with Gasteiger partial charge in [0, 0.05) is 0 Å². The van der Waals surface area contributed by atoms with Crippen molar-refractivity contribution < 1.29 is 0 Å². The van der Waals surface area contributed by atoms with Crippen molar-refractivity contribution in [2.45, 2.75) is 11.6 Å². The van der Waals surface area contributed by atoms with Gasteiger partial charge in [-0.1, -0.05) is 0 Å². The van der Waals surface area contributed by atoms with Gasteiger partial charge in [0.2, 0.25) is 0 Å². The van der Waals surface area contributed by atoms with Gasteiger partial charge in [0.15, 0.2) is 0 Å². The molecule has 88 valence electrons. The third-order valence-electron chi connectivity index (χ3n) is 2.43. The zero-order chi connectivity index (χ0) is 12.1. The van der Waals surface area contributed by atoms with Crippen LogP contribution in [0.25, 0.3) is 0 Å². The molecule has 1 nitrogen and oxygen atoms in total. The number of rotatable bonds is 4. The summed E-state index contributed by atoms with van der Waals surface area (Å²) in [4.78, 5) is 0. The van der Waals surface area contributed by atoms with Crippen molar-refractivity contribution in [2.24, 2.45) is 0 Å². The number of nitrogens with one attached hydrogen (secondary N) is 1. The first-order valence-corrected chi connectivity index (χ1v) is 10.5. The average Bonchev–Trinajstić information content (AvgIpc) is 2.39. The molecule has 0 unspecified atom stereocenters. The van der Waals surface area contributed by atoms with Crippen LogP contribution in [0.15, 0.2) is 48.5 Å². The van der Waals surface area contributed by atoms with E-state index >= 15 is 0 Å². The summed E-state index contributed by atoms with van der Waals surface area (Å²) in [5, 5.41) is 3.47. The summed E-state index contributed by atoms with van der Waals surface area (Å²) in [6, 6.07) is 17.4. The van der Waals surface area contributed by atoms with Gasteiger partial charge >= 0.3 is 116 Å². The van der Waals surface area contributed by atoms with Crippen LogP contribution in [0.2, 0.25) is 11.6 Å². The molecule has 2 rings (SSSR count). The van der Waals surface area contributed by atoms with Gasteiger partial charge in [0.25, 0.3) is 0 Å². The number of hydrogen-bond donors (Lipinski definition) is 1. The topological polar surface area (TPSA) is 12.0 Å². The Bertz CT molecular complexity index is 452. The van der Waals surface area contributed by atoms with Gasteiger partial charge in [-0.2, -0.15) is 0 Å². The molecule has 3 heteroatoms. The predicted octanol–water partition coefficient (Wildman–Crippen LogP) is 2.19. The number of benzene rings is 2. The average molecular weight is 355 g/mol. The molecule has 17 heavy (non-hydrogen) atoms. The van der Waals surface area contributed by atoms with Crippen LogP contribution in [0.5, 0.6) is 0 Å². The molecule has 0 fully saturated rings. The first-order valence-electron chi connectivity index (χ1n) is 5.37. The van der Waals surface area contributed by atoms with E-state index in [1.807, 2.05) is 0 Å². The zero-order valence-electron chi connectivity index (χ0n) is 9.94. The fourth-order valence-electron chi connectivity index (χ4n) is 1.57. The van der Waals surface area contributed by atoms with Crippen molar-refractivity contribution in [1.82, 2.24) is 0 Å². The van der Waals surface area contributed by atoms with E-state index in [9.17, 15) is 0 Å². The molecule has 0 aromatic heterocycles. The minimum atomic E-state index is 0.562. The summed E-state index contributed by atoms with van der Waals surface area (Å²) in [6.07, 6.45) is 0. The van der Waals surface area contributed by atoms with Crippen LogP contribution in [0, 0.1) is 0 Å². The molecular formula is C14H15NSe2. The van der Waals surface area contributed by atoms with Gasteiger partial charge in [0.1, 0.15) is 0 Å². The van der Waals surface area contributed by atoms with E-state index in [2.05, 4.69) is 65.5 Å². The third-order valence-corrected chi connectivity index (χ3v) is 5.47. The van der Waals surface area contributed by atoms with E-state index < -0.39 is 0 Å². The molecular weight excluding hydrogens is 340 g/mol. The SMILES string of the molecule is C[Se]c1cccc(Nc2cccc([Se]C)c2)c1. The second kappa shape index (κ2) is 6.28. The molecule has 1 N–H and O–H groups in total. The summed E-state index contributed by atoms with van der Waals surface area (Å²) in [6.45, 7) is 0. The Hall–Kier alpha value is -0.721. The van der Waals surface area contributed by atoms with Gasteiger partial charge in [-0.25, -0.2) is 0 Å². The Labute approximate surface area is 115 Å². The summed E-state index contributed by atoms with van der Waals surface area (Å²) in [5.74, 6) is 4.48. The molecule has 2 aromatic carbocycles. The van der Waals surface area contributed by atoms with Crippen molar-refractivity contribution in [2.75, 3.05) is 5.32 Å². The van der Waals surface area contributed by atoms with Crippen LogP contribution in [0.4, 0.5) is 11.4 Å². The van der Waals surface area contributed by atoms with Crippen molar-refractivity contribution in [1.29, 1.82) is 0 Å². The quantitative estimate of drug-likeness (QED) is 0.830. The molecule has 0 atom stereocenters. The van der Waals surface area contributed by atoms with Crippen LogP contribution in [0.3, 0.4) is 0 Å². The van der Waals surface area contributed by atoms with E-state index in [4.69, 9.17) is 0 Å². The van der Waals surface area contributed by atoms with Gasteiger partial charge in [-0.3, -0.25) is 0 Å². The van der Waals surface area contributed by atoms with Crippen molar-refractivity contribution in [3.63, 3.8) is 0 Å². The van der Waals surface area contributed by atoms with Gasteiger partial charge in [-0.15, -0.1) is 0 Å². The maximum atomic E-state index is 3.47. The first-order chi connectivity index (χ1) is 8.31. The molecule has 0 bridgehead atoms. The fourth-order valence-corrected chi connectivity index (χ4v) is 3.50. The molecule has 0 saturated heterocycles. The Kier molecular flexibility index (Phi) is 4.70. The normalized spacial score (nSPS) is 10.2. The summed E-state index contributed by atoms with van der Waals surface area (Å²) >= 11 is 1.12. The van der Waals surface area contributed by atoms with Crippen molar-refractivity contribution >= 4 is 50.2 Å². The molecule has 0 saturated carbocycles. The third kappa shape index (κ3) is 3.62. The second-order valence-corrected chi connectivity index (χ2v) is 7.28. The van der Waals surface area contributed by atoms with E-state index in [1.54, 1.807) is 0 Å². The zero-order valence-corrected chi connectivity index (χ0v) is 13.4. The molecule has 0 amide bonds. The predicted molar refractivity (Wildman–Crippen MR) is 78.7 cm³/mol. The van der Waals surface area contributed by atoms with E-state index in [1.165, 1.54) is 20.3 Å². The van der Waals surface area contributed by atoms with Gasteiger partial charge in [-0.05, 0) is 0 Å². The van der Waals surface area contributed by atoms with E-state index in [-0.39, 0.29) is 0 Å². The molecule has 0 aliphatic heterocycles. The maximum absolute atomic E-state index is 3.47. The monoisotopic (exact) mass is 357 g/mol. The minimum absolute atomic E-state index is 0.562. The van der Waals surface area contributed by atoms with Gasteiger partial charge < -0.3 is 0 Å². The molecule has 0 radical (unpaired) electrons. The van der Waals surface area contributed by atoms with Crippen LogP contribution >= 0.6 is 0 Å². The Balaban J connectivity index is 2.18. The van der Waals surface area contributed by atoms with Crippen LogP contribution in [0.1, 0.15) is 0 Å². The molecule has 0 heterocycles. The number of anilines is 2.